The van der Waals surface area contributed by atoms with Gasteiger partial charge in [0.1, 0.15) is 17.3 Å². The maximum atomic E-state index is 13.5. The number of nitrogens with two attached hydrogens (primary N) is 1. The smallest absolute Gasteiger partial charge is 0.135 e. The van der Waals surface area contributed by atoms with Gasteiger partial charge in [-0.05, 0) is 32.4 Å². The lowest BCUT2D eigenvalue weighted by Crippen LogP contribution is -2.05. The summed E-state index contributed by atoms with van der Waals surface area (Å²) in [5.41, 5.74) is 8.83. The van der Waals surface area contributed by atoms with Crippen molar-refractivity contribution in [2.45, 2.75) is 27.3 Å². The maximum Gasteiger partial charge on any atom is 0.135 e. The highest BCUT2D eigenvalue weighted by Crippen LogP contribution is 2.28. The predicted molar refractivity (Wildman–Crippen MR) is 72.8 cm³/mol. The summed E-state index contributed by atoms with van der Waals surface area (Å²) in [5, 5.41) is 0. The fourth-order valence-electron chi connectivity index (χ4n) is 1.92. The maximum absolute atomic E-state index is 13.5. The van der Waals surface area contributed by atoms with E-state index < -0.39 is 0 Å². The Bertz CT molecular complexity index is 611. The minimum atomic E-state index is -0.283. The number of hydrogen-bond donors (Lipinski definition) is 1. The molecule has 1 heterocycles. The van der Waals surface area contributed by atoms with E-state index in [4.69, 9.17) is 10.5 Å². The van der Waals surface area contributed by atoms with Crippen LogP contribution in [0.25, 0.3) is 0 Å². The van der Waals surface area contributed by atoms with E-state index in [0.717, 1.165) is 17.0 Å². The molecule has 0 amide bonds. The van der Waals surface area contributed by atoms with Gasteiger partial charge in [-0.1, -0.05) is 6.07 Å². The molecule has 0 aliphatic carbocycles. The first-order valence-corrected chi connectivity index (χ1v) is 6.12. The van der Waals surface area contributed by atoms with E-state index in [1.165, 1.54) is 6.07 Å². The van der Waals surface area contributed by atoms with Gasteiger partial charge in [0.25, 0.3) is 0 Å². The Morgan fingerprint density at radius 2 is 1.95 bits per heavy atom. The summed E-state index contributed by atoms with van der Waals surface area (Å²) in [6.07, 6.45) is 0. The fraction of sp³-hybridized carbons (Fsp3) is 0.267. The van der Waals surface area contributed by atoms with Crippen molar-refractivity contribution < 1.29 is 9.13 Å². The van der Waals surface area contributed by atoms with Gasteiger partial charge in [0.2, 0.25) is 0 Å². The minimum absolute atomic E-state index is 0.283. The molecule has 0 spiro atoms. The quantitative estimate of drug-likeness (QED) is 0.920. The van der Waals surface area contributed by atoms with Crippen LogP contribution in [0.4, 0.5) is 4.39 Å². The number of pyridine rings is 1. The molecule has 0 radical (unpaired) electrons. The van der Waals surface area contributed by atoms with Gasteiger partial charge in [-0.3, -0.25) is 4.98 Å². The van der Waals surface area contributed by atoms with Crippen molar-refractivity contribution in [3.63, 3.8) is 0 Å². The van der Waals surface area contributed by atoms with Crippen LogP contribution in [0, 0.1) is 26.6 Å². The van der Waals surface area contributed by atoms with Gasteiger partial charge >= 0.3 is 0 Å². The summed E-state index contributed by atoms with van der Waals surface area (Å²) < 4.78 is 19.2. The van der Waals surface area contributed by atoms with Gasteiger partial charge in [0, 0.05) is 35.6 Å². The number of aryl methyl sites for hydroxylation is 3. The van der Waals surface area contributed by atoms with Crippen LogP contribution in [0.1, 0.15) is 22.5 Å². The number of halogens is 1. The Hall–Kier alpha value is -1.94. The summed E-state index contributed by atoms with van der Waals surface area (Å²) >= 11 is 0. The number of nitrogens with zero attached hydrogens (tertiary/aromatic N) is 1. The van der Waals surface area contributed by atoms with E-state index >= 15 is 0 Å². The van der Waals surface area contributed by atoms with E-state index in [1.807, 2.05) is 19.9 Å². The molecule has 0 saturated carbocycles. The van der Waals surface area contributed by atoms with E-state index in [2.05, 4.69) is 4.98 Å². The first-order chi connectivity index (χ1) is 9.01. The van der Waals surface area contributed by atoms with E-state index in [-0.39, 0.29) is 5.82 Å². The average Bonchev–Trinajstić information content (AvgIpc) is 2.33. The molecule has 0 bridgehead atoms. The molecule has 0 saturated heterocycles. The molecule has 1 aromatic carbocycles. The lowest BCUT2D eigenvalue weighted by atomic mass is 10.1. The van der Waals surface area contributed by atoms with Crippen molar-refractivity contribution in [3.8, 4) is 11.5 Å². The molecule has 100 valence electrons. The van der Waals surface area contributed by atoms with Gasteiger partial charge in [-0.25, -0.2) is 4.39 Å². The molecule has 0 unspecified atom stereocenters. The predicted octanol–water partition coefficient (Wildman–Crippen LogP) is 3.40. The van der Waals surface area contributed by atoms with E-state index in [9.17, 15) is 4.39 Å². The molecular formula is C15H17FN2O. The number of aromatic nitrogens is 1. The van der Waals surface area contributed by atoms with Crippen LogP contribution in [-0.4, -0.2) is 4.98 Å². The lowest BCUT2D eigenvalue weighted by Gasteiger charge is -2.13. The Kier molecular flexibility index (Phi) is 3.81. The first kappa shape index (κ1) is 13.5. The van der Waals surface area contributed by atoms with Crippen LogP contribution >= 0.6 is 0 Å². The second-order valence-electron chi connectivity index (χ2n) is 4.54. The van der Waals surface area contributed by atoms with Gasteiger partial charge in [0.15, 0.2) is 0 Å². The van der Waals surface area contributed by atoms with E-state index in [1.54, 1.807) is 19.1 Å². The molecule has 0 fully saturated rings. The molecule has 2 rings (SSSR count). The molecule has 4 heteroatoms. The highest BCUT2D eigenvalue weighted by molar-refractivity contribution is 5.41. The number of benzene rings is 1. The Balaban J connectivity index is 2.39. The summed E-state index contributed by atoms with van der Waals surface area (Å²) in [6.45, 7) is 5.82. The normalized spacial score (nSPS) is 10.6. The molecule has 2 N–H and O–H groups in total. The van der Waals surface area contributed by atoms with Crippen LogP contribution in [0.2, 0.25) is 0 Å². The highest BCUT2D eigenvalue weighted by atomic mass is 19.1. The zero-order valence-corrected chi connectivity index (χ0v) is 11.3. The third-order valence-electron chi connectivity index (χ3n) is 2.99. The molecule has 0 aliphatic heterocycles. The molecule has 3 nitrogen and oxygen atoms in total. The topological polar surface area (TPSA) is 48.1 Å². The zero-order valence-electron chi connectivity index (χ0n) is 11.3. The number of rotatable bonds is 3. The summed E-state index contributed by atoms with van der Waals surface area (Å²) in [4.78, 5) is 4.34. The first-order valence-electron chi connectivity index (χ1n) is 6.12. The standard InChI is InChI=1S/C15H17FN2O/c1-9-4-5-12(7-14(9)16)19-15-6-10(2)18-11(3)13(15)8-17/h4-7H,8,17H2,1-3H3. The molecule has 19 heavy (non-hydrogen) atoms. The van der Waals surface area contributed by atoms with Crippen molar-refractivity contribution in [1.29, 1.82) is 0 Å². The Morgan fingerprint density at radius 3 is 2.58 bits per heavy atom. The van der Waals surface area contributed by atoms with Gasteiger partial charge < -0.3 is 10.5 Å². The third kappa shape index (κ3) is 2.90. The van der Waals surface area contributed by atoms with Gasteiger partial charge in [-0.2, -0.15) is 0 Å². The zero-order chi connectivity index (χ0) is 14.0. The Morgan fingerprint density at radius 1 is 1.21 bits per heavy atom. The summed E-state index contributed by atoms with van der Waals surface area (Å²) in [5.74, 6) is 0.813. The second kappa shape index (κ2) is 5.36. The lowest BCUT2D eigenvalue weighted by molar-refractivity contribution is 0.468. The fourth-order valence-corrected chi connectivity index (χ4v) is 1.92. The number of hydrogen-bond acceptors (Lipinski definition) is 3. The minimum Gasteiger partial charge on any atom is -0.457 e. The highest BCUT2D eigenvalue weighted by Gasteiger charge is 2.10. The third-order valence-corrected chi connectivity index (χ3v) is 2.99. The number of ether oxygens (including phenoxy) is 1. The monoisotopic (exact) mass is 260 g/mol. The largest absolute Gasteiger partial charge is 0.457 e. The van der Waals surface area contributed by atoms with Crippen LogP contribution in [-0.2, 0) is 6.54 Å². The SMILES string of the molecule is Cc1cc(Oc2ccc(C)c(F)c2)c(CN)c(C)n1. The summed E-state index contributed by atoms with van der Waals surface area (Å²) in [7, 11) is 0. The van der Waals surface area contributed by atoms with Crippen molar-refractivity contribution >= 4 is 0 Å². The molecular weight excluding hydrogens is 243 g/mol. The van der Waals surface area contributed by atoms with Crippen LogP contribution < -0.4 is 10.5 Å². The average molecular weight is 260 g/mol. The van der Waals surface area contributed by atoms with E-state index in [0.29, 0.717) is 23.6 Å². The molecule has 1 aromatic heterocycles. The summed E-state index contributed by atoms with van der Waals surface area (Å²) in [6, 6.07) is 6.62. The van der Waals surface area contributed by atoms with Gasteiger partial charge in [-0.15, -0.1) is 0 Å². The van der Waals surface area contributed by atoms with Crippen molar-refractivity contribution in [1.82, 2.24) is 4.98 Å². The van der Waals surface area contributed by atoms with Crippen LogP contribution in [0.3, 0.4) is 0 Å². The second-order valence-corrected chi connectivity index (χ2v) is 4.54. The molecule has 0 atom stereocenters. The van der Waals surface area contributed by atoms with Crippen molar-refractivity contribution in [2.75, 3.05) is 0 Å². The Labute approximate surface area is 112 Å². The van der Waals surface area contributed by atoms with Crippen LogP contribution in [0.15, 0.2) is 24.3 Å². The van der Waals surface area contributed by atoms with Crippen molar-refractivity contribution in [2.24, 2.45) is 5.73 Å². The van der Waals surface area contributed by atoms with Crippen LogP contribution in [0.5, 0.6) is 11.5 Å². The van der Waals surface area contributed by atoms with Crippen molar-refractivity contribution in [3.05, 3.63) is 52.6 Å². The molecule has 2 aromatic rings. The molecule has 0 aliphatic rings. The van der Waals surface area contributed by atoms with Gasteiger partial charge in [0.05, 0.1) is 0 Å².